The van der Waals surface area contributed by atoms with Crippen LogP contribution >= 0.6 is 0 Å². The number of halogens is 1. The van der Waals surface area contributed by atoms with E-state index in [1.165, 1.54) is 12.1 Å². The van der Waals surface area contributed by atoms with Gasteiger partial charge >= 0.3 is 0 Å². The molecular weight excluding hydrogens is 243 g/mol. The SMILES string of the molecule is CCn1ccnc1CC(NN)c1ccc(F)cc1C. The molecule has 3 N–H and O–H groups in total. The first kappa shape index (κ1) is 13.7. The predicted molar refractivity (Wildman–Crippen MR) is 72.8 cm³/mol. The van der Waals surface area contributed by atoms with E-state index in [1.54, 1.807) is 12.3 Å². The summed E-state index contributed by atoms with van der Waals surface area (Å²) < 4.78 is 15.2. The van der Waals surface area contributed by atoms with Crippen LogP contribution in [-0.4, -0.2) is 9.55 Å². The van der Waals surface area contributed by atoms with Crippen LogP contribution in [0.15, 0.2) is 30.6 Å². The van der Waals surface area contributed by atoms with E-state index in [-0.39, 0.29) is 11.9 Å². The van der Waals surface area contributed by atoms with Gasteiger partial charge in [-0.2, -0.15) is 0 Å². The van der Waals surface area contributed by atoms with Crippen LogP contribution < -0.4 is 11.3 Å². The van der Waals surface area contributed by atoms with Gasteiger partial charge in [0.15, 0.2) is 0 Å². The summed E-state index contributed by atoms with van der Waals surface area (Å²) in [6, 6.07) is 4.67. The van der Waals surface area contributed by atoms with Crippen LogP contribution in [0.4, 0.5) is 4.39 Å². The van der Waals surface area contributed by atoms with E-state index >= 15 is 0 Å². The van der Waals surface area contributed by atoms with Crippen molar-refractivity contribution >= 4 is 0 Å². The lowest BCUT2D eigenvalue weighted by Crippen LogP contribution is -2.31. The number of rotatable bonds is 5. The summed E-state index contributed by atoms with van der Waals surface area (Å²) in [5.74, 6) is 6.38. The van der Waals surface area contributed by atoms with Crippen molar-refractivity contribution in [2.75, 3.05) is 0 Å². The Labute approximate surface area is 112 Å². The third-order valence-electron chi connectivity index (χ3n) is 3.34. The van der Waals surface area contributed by atoms with E-state index in [0.717, 1.165) is 23.5 Å². The van der Waals surface area contributed by atoms with Crippen LogP contribution in [0.5, 0.6) is 0 Å². The zero-order valence-electron chi connectivity index (χ0n) is 11.2. The van der Waals surface area contributed by atoms with Crippen molar-refractivity contribution < 1.29 is 4.39 Å². The number of nitrogens with one attached hydrogen (secondary N) is 1. The van der Waals surface area contributed by atoms with E-state index in [2.05, 4.69) is 21.9 Å². The molecule has 0 radical (unpaired) electrons. The minimum absolute atomic E-state index is 0.0756. The van der Waals surface area contributed by atoms with Gasteiger partial charge < -0.3 is 4.57 Å². The fraction of sp³-hybridized carbons (Fsp3) is 0.357. The number of hydrogen-bond donors (Lipinski definition) is 2. The first-order valence-corrected chi connectivity index (χ1v) is 6.38. The molecule has 19 heavy (non-hydrogen) atoms. The lowest BCUT2D eigenvalue weighted by Gasteiger charge is -2.18. The zero-order valence-corrected chi connectivity index (χ0v) is 11.2. The first-order chi connectivity index (χ1) is 9.15. The molecule has 1 aromatic carbocycles. The van der Waals surface area contributed by atoms with E-state index in [1.807, 2.05) is 13.1 Å². The van der Waals surface area contributed by atoms with Crippen molar-refractivity contribution in [1.29, 1.82) is 0 Å². The number of nitrogens with two attached hydrogens (primary N) is 1. The molecule has 5 heteroatoms. The lowest BCUT2D eigenvalue weighted by molar-refractivity contribution is 0.519. The number of aryl methyl sites for hydroxylation is 2. The molecule has 0 bridgehead atoms. The number of imidazole rings is 1. The monoisotopic (exact) mass is 262 g/mol. The van der Waals surface area contributed by atoms with Crippen LogP contribution in [-0.2, 0) is 13.0 Å². The number of hydrogen-bond acceptors (Lipinski definition) is 3. The summed E-state index contributed by atoms with van der Waals surface area (Å²) in [6.45, 7) is 4.82. The highest BCUT2D eigenvalue weighted by atomic mass is 19.1. The molecular formula is C14H19FN4. The van der Waals surface area contributed by atoms with Crippen molar-refractivity contribution in [2.24, 2.45) is 5.84 Å². The van der Waals surface area contributed by atoms with Crippen LogP contribution in [0, 0.1) is 12.7 Å². The molecule has 0 aliphatic rings. The fourth-order valence-electron chi connectivity index (χ4n) is 2.29. The quantitative estimate of drug-likeness (QED) is 0.641. The average molecular weight is 262 g/mol. The van der Waals surface area contributed by atoms with Gasteiger partial charge in [-0.3, -0.25) is 11.3 Å². The number of benzene rings is 1. The topological polar surface area (TPSA) is 55.9 Å². The van der Waals surface area contributed by atoms with Crippen LogP contribution in [0.2, 0.25) is 0 Å². The van der Waals surface area contributed by atoms with Crippen molar-refractivity contribution in [2.45, 2.75) is 32.9 Å². The molecule has 1 heterocycles. The average Bonchev–Trinajstić information content (AvgIpc) is 2.84. The molecule has 0 amide bonds. The maximum Gasteiger partial charge on any atom is 0.123 e. The summed E-state index contributed by atoms with van der Waals surface area (Å²) in [5.41, 5.74) is 4.67. The van der Waals surface area contributed by atoms with Gasteiger partial charge in [0.05, 0.1) is 6.04 Å². The van der Waals surface area contributed by atoms with Gasteiger partial charge in [-0.05, 0) is 37.1 Å². The van der Waals surface area contributed by atoms with Gasteiger partial charge in [0, 0.05) is 25.4 Å². The van der Waals surface area contributed by atoms with Gasteiger partial charge in [0.25, 0.3) is 0 Å². The molecule has 4 nitrogen and oxygen atoms in total. The van der Waals surface area contributed by atoms with Gasteiger partial charge in [-0.15, -0.1) is 0 Å². The van der Waals surface area contributed by atoms with E-state index in [4.69, 9.17) is 5.84 Å². The minimum Gasteiger partial charge on any atom is -0.335 e. The van der Waals surface area contributed by atoms with Crippen molar-refractivity contribution in [3.8, 4) is 0 Å². The van der Waals surface area contributed by atoms with Gasteiger partial charge in [0.1, 0.15) is 11.6 Å². The molecule has 0 fully saturated rings. The molecule has 2 aromatic rings. The summed E-state index contributed by atoms with van der Waals surface area (Å²) in [5, 5.41) is 0. The third kappa shape index (κ3) is 3.00. The Bertz CT molecular complexity index is 550. The van der Waals surface area contributed by atoms with Crippen molar-refractivity contribution in [1.82, 2.24) is 15.0 Å². The molecule has 1 aromatic heterocycles. The Morgan fingerprint density at radius 3 is 2.89 bits per heavy atom. The molecule has 0 aliphatic carbocycles. The molecule has 0 aliphatic heterocycles. The second kappa shape index (κ2) is 5.95. The van der Waals surface area contributed by atoms with Crippen LogP contribution in [0.25, 0.3) is 0 Å². The van der Waals surface area contributed by atoms with E-state index in [9.17, 15) is 4.39 Å². The van der Waals surface area contributed by atoms with Crippen molar-refractivity contribution in [3.63, 3.8) is 0 Å². The second-order valence-electron chi connectivity index (χ2n) is 4.55. The highest BCUT2D eigenvalue weighted by Crippen LogP contribution is 2.21. The fourth-order valence-corrected chi connectivity index (χ4v) is 2.29. The summed E-state index contributed by atoms with van der Waals surface area (Å²) in [7, 11) is 0. The smallest absolute Gasteiger partial charge is 0.123 e. The predicted octanol–water partition coefficient (Wildman–Crippen LogP) is 2.10. The summed E-state index contributed by atoms with van der Waals surface area (Å²) >= 11 is 0. The molecule has 2 rings (SSSR count). The number of aromatic nitrogens is 2. The second-order valence-corrected chi connectivity index (χ2v) is 4.55. The molecule has 1 atom stereocenters. The number of nitrogens with zero attached hydrogens (tertiary/aromatic N) is 2. The van der Waals surface area contributed by atoms with E-state index < -0.39 is 0 Å². The Morgan fingerprint density at radius 2 is 2.26 bits per heavy atom. The molecule has 0 spiro atoms. The Hall–Kier alpha value is -1.72. The standard InChI is InChI=1S/C14H19FN4/c1-3-19-7-6-17-14(19)9-13(18-16)12-5-4-11(15)8-10(12)2/h4-8,13,18H,3,9,16H2,1-2H3. The van der Waals surface area contributed by atoms with Crippen molar-refractivity contribution in [3.05, 3.63) is 53.4 Å². The molecule has 1 unspecified atom stereocenters. The van der Waals surface area contributed by atoms with Crippen LogP contribution in [0.3, 0.4) is 0 Å². The largest absolute Gasteiger partial charge is 0.335 e. The summed E-state index contributed by atoms with van der Waals surface area (Å²) in [6.07, 6.45) is 4.40. The Morgan fingerprint density at radius 1 is 1.47 bits per heavy atom. The molecule has 0 saturated carbocycles. The molecule has 102 valence electrons. The Balaban J connectivity index is 2.25. The zero-order chi connectivity index (χ0) is 13.8. The highest BCUT2D eigenvalue weighted by Gasteiger charge is 2.16. The normalized spacial score (nSPS) is 12.6. The maximum atomic E-state index is 13.1. The first-order valence-electron chi connectivity index (χ1n) is 6.38. The van der Waals surface area contributed by atoms with Gasteiger partial charge in [0.2, 0.25) is 0 Å². The maximum absolute atomic E-state index is 13.1. The number of hydrazine groups is 1. The lowest BCUT2D eigenvalue weighted by atomic mass is 9.99. The van der Waals surface area contributed by atoms with Gasteiger partial charge in [-0.1, -0.05) is 6.07 Å². The van der Waals surface area contributed by atoms with E-state index in [0.29, 0.717) is 6.42 Å². The third-order valence-corrected chi connectivity index (χ3v) is 3.34. The minimum atomic E-state index is -0.230. The highest BCUT2D eigenvalue weighted by molar-refractivity contribution is 5.30. The van der Waals surface area contributed by atoms with Crippen LogP contribution in [0.1, 0.15) is 29.9 Å². The molecule has 0 saturated heterocycles. The van der Waals surface area contributed by atoms with Gasteiger partial charge in [-0.25, -0.2) is 9.37 Å². The Kier molecular flexibility index (Phi) is 4.29. The summed E-state index contributed by atoms with van der Waals surface area (Å²) in [4.78, 5) is 4.34.